The molecule has 17 heavy (non-hydrogen) atoms. The largest absolute Gasteiger partial charge is 0.487 e. The smallest absolute Gasteiger partial charge is 0.236 e. The highest BCUT2D eigenvalue weighted by Gasteiger charge is 2.25. The lowest BCUT2D eigenvalue weighted by molar-refractivity contribution is 0.0383. The Balaban J connectivity index is 2.10. The Bertz CT molecular complexity index is 497. The summed E-state index contributed by atoms with van der Waals surface area (Å²) >= 11 is 0. The van der Waals surface area contributed by atoms with Crippen LogP contribution in [-0.4, -0.2) is 39.6 Å². The van der Waals surface area contributed by atoms with Crippen molar-refractivity contribution >= 4 is 19.7 Å². The molecule has 2 rings (SSSR count). The van der Waals surface area contributed by atoms with Crippen molar-refractivity contribution in [3.63, 3.8) is 0 Å². The van der Waals surface area contributed by atoms with Crippen LogP contribution in [0.3, 0.4) is 0 Å². The van der Waals surface area contributed by atoms with Crippen molar-refractivity contribution in [3.05, 3.63) is 29.8 Å². The second-order valence-corrected chi connectivity index (χ2v) is 7.03. The summed E-state index contributed by atoms with van der Waals surface area (Å²) in [5.41, 5.74) is 0.608. The average molecular weight is 276 g/mol. The zero-order valence-electron chi connectivity index (χ0n) is 9.47. The summed E-state index contributed by atoms with van der Waals surface area (Å²) in [5.74, 6) is 0.405. The predicted octanol–water partition coefficient (Wildman–Crippen LogP) is 1.45. The maximum Gasteiger partial charge on any atom is 0.236 e. The number of likely N-dealkylation sites (tertiary alicyclic amines) is 1. The van der Waals surface area contributed by atoms with E-state index in [0.29, 0.717) is 11.3 Å². The SMILES string of the molecule is CN1CC(Oc2ccccc2CS(=O)(=O)Cl)C1. The number of likely N-dealkylation sites (N-methyl/N-ethyl adjacent to an activating group) is 1. The van der Waals surface area contributed by atoms with Crippen molar-refractivity contribution in [1.82, 2.24) is 4.90 Å². The van der Waals surface area contributed by atoms with Crippen molar-refractivity contribution in [1.29, 1.82) is 0 Å². The van der Waals surface area contributed by atoms with Crippen molar-refractivity contribution < 1.29 is 13.2 Å². The molecule has 1 fully saturated rings. The maximum absolute atomic E-state index is 11.1. The van der Waals surface area contributed by atoms with Crippen LogP contribution in [0.4, 0.5) is 0 Å². The van der Waals surface area contributed by atoms with Gasteiger partial charge in [0.2, 0.25) is 9.05 Å². The minimum absolute atomic E-state index is 0.138. The van der Waals surface area contributed by atoms with Gasteiger partial charge in [-0.15, -0.1) is 0 Å². The quantitative estimate of drug-likeness (QED) is 0.781. The van der Waals surface area contributed by atoms with E-state index in [1.807, 2.05) is 13.1 Å². The summed E-state index contributed by atoms with van der Waals surface area (Å²) in [7, 11) is 3.71. The van der Waals surface area contributed by atoms with Crippen LogP contribution in [-0.2, 0) is 14.8 Å². The molecule has 0 radical (unpaired) electrons. The fourth-order valence-corrected chi connectivity index (χ4v) is 2.78. The first-order chi connectivity index (χ1) is 7.94. The Hall–Kier alpha value is -0.780. The number of rotatable bonds is 4. The fourth-order valence-electron chi connectivity index (χ4n) is 1.82. The summed E-state index contributed by atoms with van der Waals surface area (Å²) in [5, 5.41) is 0. The predicted molar refractivity (Wildman–Crippen MR) is 66.8 cm³/mol. The minimum atomic E-state index is -3.55. The average Bonchev–Trinajstić information content (AvgIpc) is 2.16. The second kappa shape index (κ2) is 4.84. The zero-order valence-corrected chi connectivity index (χ0v) is 11.0. The highest BCUT2D eigenvalue weighted by molar-refractivity contribution is 8.13. The van der Waals surface area contributed by atoms with Crippen LogP contribution in [0, 0.1) is 0 Å². The molecule has 1 aromatic rings. The summed E-state index contributed by atoms with van der Waals surface area (Å²) < 4.78 is 27.9. The van der Waals surface area contributed by atoms with Gasteiger partial charge in [0.1, 0.15) is 11.9 Å². The van der Waals surface area contributed by atoms with E-state index in [0.717, 1.165) is 13.1 Å². The monoisotopic (exact) mass is 275 g/mol. The van der Waals surface area contributed by atoms with E-state index < -0.39 is 9.05 Å². The lowest BCUT2D eigenvalue weighted by atomic mass is 10.1. The van der Waals surface area contributed by atoms with Crippen LogP contribution in [0.2, 0.25) is 0 Å². The number of hydrogen-bond acceptors (Lipinski definition) is 4. The maximum atomic E-state index is 11.1. The normalized spacial score (nSPS) is 17.8. The Labute approximate surface area is 106 Å². The molecule has 0 aromatic heterocycles. The molecule has 0 unspecified atom stereocenters. The van der Waals surface area contributed by atoms with Gasteiger partial charge in [0.15, 0.2) is 0 Å². The molecule has 0 spiro atoms. The summed E-state index contributed by atoms with van der Waals surface area (Å²) in [4.78, 5) is 2.13. The molecule has 6 heteroatoms. The van der Waals surface area contributed by atoms with E-state index in [9.17, 15) is 8.42 Å². The number of halogens is 1. The molecule has 0 saturated carbocycles. The molecule has 1 heterocycles. The Kier molecular flexibility index (Phi) is 3.61. The number of nitrogens with zero attached hydrogens (tertiary/aromatic N) is 1. The third-order valence-electron chi connectivity index (χ3n) is 2.62. The highest BCUT2D eigenvalue weighted by Crippen LogP contribution is 2.24. The van der Waals surface area contributed by atoms with E-state index in [1.165, 1.54) is 0 Å². The molecule has 4 nitrogen and oxygen atoms in total. The van der Waals surface area contributed by atoms with Crippen molar-refractivity contribution in [3.8, 4) is 5.75 Å². The lowest BCUT2D eigenvalue weighted by Gasteiger charge is -2.36. The second-order valence-electron chi connectivity index (χ2n) is 4.25. The van der Waals surface area contributed by atoms with Crippen LogP contribution in [0.15, 0.2) is 24.3 Å². The van der Waals surface area contributed by atoms with Gasteiger partial charge in [-0.2, -0.15) is 0 Å². The topological polar surface area (TPSA) is 46.6 Å². The van der Waals surface area contributed by atoms with Gasteiger partial charge in [0.25, 0.3) is 0 Å². The molecular weight excluding hydrogens is 262 g/mol. The molecule has 0 aliphatic carbocycles. The van der Waals surface area contributed by atoms with Gasteiger partial charge >= 0.3 is 0 Å². The molecular formula is C11H14ClNO3S. The Morgan fingerprint density at radius 1 is 1.41 bits per heavy atom. The molecule has 1 aliphatic heterocycles. The zero-order chi connectivity index (χ0) is 12.5. The van der Waals surface area contributed by atoms with Gasteiger partial charge in [-0.1, -0.05) is 18.2 Å². The standard InChI is InChI=1S/C11H14ClNO3S/c1-13-6-10(7-13)16-11-5-3-2-4-9(11)8-17(12,14)15/h2-5,10H,6-8H2,1H3. The van der Waals surface area contributed by atoms with E-state index in [-0.39, 0.29) is 11.9 Å². The van der Waals surface area contributed by atoms with E-state index in [4.69, 9.17) is 15.4 Å². The third-order valence-corrected chi connectivity index (χ3v) is 3.61. The number of ether oxygens (including phenoxy) is 1. The number of benzene rings is 1. The van der Waals surface area contributed by atoms with Gasteiger partial charge in [0.05, 0.1) is 5.75 Å². The van der Waals surface area contributed by atoms with Gasteiger partial charge in [-0.05, 0) is 13.1 Å². The summed E-state index contributed by atoms with van der Waals surface area (Å²) in [6.45, 7) is 1.73. The summed E-state index contributed by atoms with van der Waals surface area (Å²) in [6.07, 6.45) is 0.138. The number of para-hydroxylation sites is 1. The van der Waals surface area contributed by atoms with Gasteiger partial charge in [-0.3, -0.25) is 4.90 Å². The van der Waals surface area contributed by atoms with Crippen molar-refractivity contribution in [2.24, 2.45) is 0 Å². The summed E-state index contributed by atoms with van der Waals surface area (Å²) in [6, 6.07) is 7.09. The molecule has 0 N–H and O–H groups in total. The molecule has 1 saturated heterocycles. The molecule has 1 aliphatic rings. The van der Waals surface area contributed by atoms with Crippen LogP contribution in [0.1, 0.15) is 5.56 Å². The van der Waals surface area contributed by atoms with Crippen LogP contribution in [0.5, 0.6) is 5.75 Å². The Morgan fingerprint density at radius 2 is 2.06 bits per heavy atom. The first kappa shape index (κ1) is 12.7. The van der Waals surface area contributed by atoms with Crippen LogP contribution < -0.4 is 4.74 Å². The van der Waals surface area contributed by atoms with E-state index in [2.05, 4.69) is 4.90 Å². The highest BCUT2D eigenvalue weighted by atomic mass is 35.7. The van der Waals surface area contributed by atoms with Gasteiger partial charge in [0, 0.05) is 29.3 Å². The first-order valence-corrected chi connectivity index (χ1v) is 7.77. The molecule has 0 bridgehead atoms. The van der Waals surface area contributed by atoms with Gasteiger partial charge in [-0.25, -0.2) is 8.42 Å². The number of hydrogen-bond donors (Lipinski definition) is 0. The molecule has 94 valence electrons. The molecule has 1 aromatic carbocycles. The molecule has 0 atom stereocenters. The minimum Gasteiger partial charge on any atom is -0.487 e. The van der Waals surface area contributed by atoms with Crippen molar-refractivity contribution in [2.45, 2.75) is 11.9 Å². The molecule has 0 amide bonds. The fraction of sp³-hybridized carbons (Fsp3) is 0.455. The van der Waals surface area contributed by atoms with Gasteiger partial charge < -0.3 is 4.74 Å². The first-order valence-electron chi connectivity index (χ1n) is 5.29. The Morgan fingerprint density at radius 3 is 2.65 bits per heavy atom. The van der Waals surface area contributed by atoms with Crippen LogP contribution in [0.25, 0.3) is 0 Å². The van der Waals surface area contributed by atoms with Crippen LogP contribution >= 0.6 is 10.7 Å². The van der Waals surface area contributed by atoms with E-state index in [1.54, 1.807) is 18.2 Å². The van der Waals surface area contributed by atoms with Crippen molar-refractivity contribution in [2.75, 3.05) is 20.1 Å². The lowest BCUT2D eigenvalue weighted by Crippen LogP contribution is -2.51. The third kappa shape index (κ3) is 3.59. The van der Waals surface area contributed by atoms with E-state index >= 15 is 0 Å².